The number of carbonyl (C=O) groups excluding carboxylic acids is 1. The molecule has 0 aliphatic carbocycles. The second kappa shape index (κ2) is 8.80. The molecule has 0 unspecified atom stereocenters. The quantitative estimate of drug-likeness (QED) is 0.508. The van der Waals surface area contributed by atoms with E-state index in [0.29, 0.717) is 23.0 Å². The number of benzene rings is 2. The number of fused-ring (bicyclic) bond motifs is 1. The van der Waals surface area contributed by atoms with Crippen molar-refractivity contribution in [2.75, 3.05) is 19.6 Å². The van der Waals surface area contributed by atoms with Crippen molar-refractivity contribution in [1.29, 1.82) is 0 Å². The highest BCUT2D eigenvalue weighted by atomic mass is 16.3. The molecule has 1 aliphatic heterocycles. The summed E-state index contributed by atoms with van der Waals surface area (Å²) in [6, 6.07) is 20.0. The lowest BCUT2D eigenvalue weighted by Gasteiger charge is -2.26. The fraction of sp³-hybridized carbons (Fsp3) is 0.240. The number of hydrogen-bond acceptors (Lipinski definition) is 5. The molecular weight excluding hydrogens is 404 g/mol. The van der Waals surface area contributed by atoms with Crippen LogP contribution >= 0.6 is 0 Å². The molecule has 1 atom stereocenters. The lowest BCUT2D eigenvalue weighted by Crippen LogP contribution is -2.37. The zero-order valence-corrected chi connectivity index (χ0v) is 17.6. The molecule has 2 aromatic carbocycles. The number of rotatable bonds is 6. The van der Waals surface area contributed by atoms with E-state index in [1.54, 1.807) is 36.6 Å². The van der Waals surface area contributed by atoms with E-state index in [4.69, 9.17) is 4.42 Å². The summed E-state index contributed by atoms with van der Waals surface area (Å²) in [5.74, 6) is 0.515. The molecule has 4 aromatic rings. The van der Waals surface area contributed by atoms with Gasteiger partial charge in [0.25, 0.3) is 11.5 Å². The second-order valence-electron chi connectivity index (χ2n) is 7.93. The highest BCUT2D eigenvalue weighted by Gasteiger charge is 2.27. The highest BCUT2D eigenvalue weighted by Crippen LogP contribution is 2.25. The Labute approximate surface area is 185 Å². The third kappa shape index (κ3) is 3.83. The minimum absolute atomic E-state index is 0.0391. The predicted molar refractivity (Wildman–Crippen MR) is 122 cm³/mol. The van der Waals surface area contributed by atoms with Gasteiger partial charge in [-0.3, -0.25) is 14.5 Å². The Morgan fingerprint density at radius 1 is 0.969 bits per heavy atom. The van der Waals surface area contributed by atoms with E-state index < -0.39 is 0 Å². The molecule has 1 fully saturated rings. The lowest BCUT2D eigenvalue weighted by atomic mass is 10.1. The average molecular weight is 428 g/mol. The smallest absolute Gasteiger partial charge is 0.279 e. The van der Waals surface area contributed by atoms with E-state index in [0.717, 1.165) is 31.7 Å². The van der Waals surface area contributed by atoms with Crippen molar-refractivity contribution in [2.24, 2.45) is 0 Å². The summed E-state index contributed by atoms with van der Waals surface area (Å²) in [6.45, 7) is 2.34. The summed E-state index contributed by atoms with van der Waals surface area (Å²) in [4.78, 5) is 28.7. The van der Waals surface area contributed by atoms with Gasteiger partial charge in [0.2, 0.25) is 0 Å². The highest BCUT2D eigenvalue weighted by molar-refractivity contribution is 6.04. The molecular formula is C25H24N4O3. The zero-order valence-electron chi connectivity index (χ0n) is 17.6. The van der Waals surface area contributed by atoms with Gasteiger partial charge in [-0.1, -0.05) is 36.4 Å². The van der Waals surface area contributed by atoms with Gasteiger partial charge >= 0.3 is 0 Å². The van der Waals surface area contributed by atoms with Crippen LogP contribution in [-0.2, 0) is 0 Å². The first-order valence-corrected chi connectivity index (χ1v) is 10.9. The Morgan fingerprint density at radius 2 is 1.69 bits per heavy atom. The van der Waals surface area contributed by atoms with Crippen LogP contribution in [-0.4, -0.2) is 40.2 Å². The molecule has 0 spiro atoms. The van der Waals surface area contributed by atoms with Gasteiger partial charge in [-0.25, -0.2) is 0 Å². The number of hydrogen-bond donors (Lipinski definition) is 1. The van der Waals surface area contributed by atoms with Gasteiger partial charge in [-0.05, 0) is 56.3 Å². The van der Waals surface area contributed by atoms with Crippen molar-refractivity contribution < 1.29 is 9.21 Å². The Balaban J connectivity index is 1.49. The maximum atomic E-state index is 13.3. The number of para-hydroxylation sites is 1. The fourth-order valence-corrected chi connectivity index (χ4v) is 4.32. The number of amides is 1. The van der Waals surface area contributed by atoms with Crippen molar-refractivity contribution in [2.45, 2.75) is 18.9 Å². The molecule has 7 heteroatoms. The number of carbonyl (C=O) groups is 1. The molecule has 162 valence electrons. The van der Waals surface area contributed by atoms with Crippen LogP contribution in [0.1, 0.15) is 35.1 Å². The standard InChI is InChI=1S/C25H24N4O3/c30-24(26-17-21(22-13-8-16-32-22)28-14-6-7-15-28)23-19-11-4-5-12-20(19)25(31)29(27-23)18-9-2-1-3-10-18/h1-5,8-13,16,21H,6-7,14-15,17H2,(H,26,30)/t21-/m1/s1. The first-order valence-electron chi connectivity index (χ1n) is 10.9. The molecule has 1 aliphatic rings. The van der Waals surface area contributed by atoms with Gasteiger partial charge in [0, 0.05) is 11.9 Å². The summed E-state index contributed by atoms with van der Waals surface area (Å²) >= 11 is 0. The van der Waals surface area contributed by atoms with Crippen molar-refractivity contribution in [3.05, 3.63) is 94.8 Å². The topological polar surface area (TPSA) is 80.4 Å². The molecule has 1 amide bonds. The molecule has 1 saturated heterocycles. The largest absolute Gasteiger partial charge is 0.468 e. The van der Waals surface area contributed by atoms with Gasteiger partial charge < -0.3 is 9.73 Å². The van der Waals surface area contributed by atoms with Crippen LogP contribution in [0.3, 0.4) is 0 Å². The lowest BCUT2D eigenvalue weighted by molar-refractivity contribution is 0.0929. The van der Waals surface area contributed by atoms with E-state index >= 15 is 0 Å². The average Bonchev–Trinajstić information content (AvgIpc) is 3.55. The van der Waals surface area contributed by atoms with Crippen LogP contribution in [0.15, 0.2) is 82.2 Å². The maximum Gasteiger partial charge on any atom is 0.279 e. The summed E-state index contributed by atoms with van der Waals surface area (Å²) in [5.41, 5.74) is 0.584. The van der Waals surface area contributed by atoms with Crippen LogP contribution in [0.5, 0.6) is 0 Å². The van der Waals surface area contributed by atoms with E-state index in [-0.39, 0.29) is 23.2 Å². The van der Waals surface area contributed by atoms with Gasteiger partial charge in [-0.2, -0.15) is 9.78 Å². The molecule has 1 N–H and O–H groups in total. The fourth-order valence-electron chi connectivity index (χ4n) is 4.32. The molecule has 3 heterocycles. The van der Waals surface area contributed by atoms with Crippen LogP contribution < -0.4 is 10.9 Å². The molecule has 32 heavy (non-hydrogen) atoms. The molecule has 7 nitrogen and oxygen atoms in total. The maximum absolute atomic E-state index is 13.3. The Hall–Kier alpha value is -3.71. The van der Waals surface area contributed by atoms with Gasteiger partial charge in [0.1, 0.15) is 5.76 Å². The molecule has 2 aromatic heterocycles. The number of nitrogens with one attached hydrogen (secondary N) is 1. The van der Waals surface area contributed by atoms with Gasteiger partial charge in [-0.15, -0.1) is 0 Å². The number of nitrogens with zero attached hydrogens (tertiary/aromatic N) is 3. The second-order valence-corrected chi connectivity index (χ2v) is 7.93. The Bertz CT molecular complexity index is 1280. The number of furan rings is 1. The summed E-state index contributed by atoms with van der Waals surface area (Å²) < 4.78 is 6.95. The SMILES string of the molecule is O=C(NC[C@H](c1ccco1)N1CCCC1)c1nn(-c2ccccc2)c(=O)c2ccccc12. The molecule has 0 bridgehead atoms. The van der Waals surface area contributed by atoms with Crippen molar-refractivity contribution >= 4 is 16.7 Å². The van der Waals surface area contributed by atoms with E-state index in [1.807, 2.05) is 36.4 Å². The minimum atomic E-state index is -0.318. The molecule has 0 saturated carbocycles. The first kappa shape index (κ1) is 20.2. The van der Waals surface area contributed by atoms with Crippen molar-refractivity contribution in [1.82, 2.24) is 20.0 Å². The number of likely N-dealkylation sites (tertiary alicyclic amines) is 1. The third-order valence-corrected chi connectivity index (χ3v) is 5.93. The van der Waals surface area contributed by atoms with Gasteiger partial charge in [0.05, 0.1) is 23.4 Å². The van der Waals surface area contributed by atoms with Crippen LogP contribution in [0.4, 0.5) is 0 Å². The van der Waals surface area contributed by atoms with Crippen molar-refractivity contribution in [3.63, 3.8) is 0 Å². The minimum Gasteiger partial charge on any atom is -0.468 e. The Kier molecular flexibility index (Phi) is 5.56. The van der Waals surface area contributed by atoms with E-state index in [2.05, 4.69) is 15.3 Å². The van der Waals surface area contributed by atoms with Crippen LogP contribution in [0, 0.1) is 0 Å². The summed E-state index contributed by atoms with van der Waals surface area (Å²) in [7, 11) is 0. The number of aromatic nitrogens is 2. The monoisotopic (exact) mass is 428 g/mol. The Morgan fingerprint density at radius 3 is 2.41 bits per heavy atom. The third-order valence-electron chi connectivity index (χ3n) is 5.93. The zero-order chi connectivity index (χ0) is 21.9. The normalized spacial score (nSPS) is 15.1. The molecule has 5 rings (SSSR count). The summed E-state index contributed by atoms with van der Waals surface area (Å²) in [5, 5.41) is 8.50. The molecule has 0 radical (unpaired) electrons. The van der Waals surface area contributed by atoms with E-state index in [9.17, 15) is 9.59 Å². The van der Waals surface area contributed by atoms with Gasteiger partial charge in [0.15, 0.2) is 5.69 Å². The van der Waals surface area contributed by atoms with Crippen LogP contribution in [0.25, 0.3) is 16.5 Å². The van der Waals surface area contributed by atoms with Crippen LogP contribution in [0.2, 0.25) is 0 Å². The van der Waals surface area contributed by atoms with Crippen molar-refractivity contribution in [3.8, 4) is 5.69 Å². The summed E-state index contributed by atoms with van der Waals surface area (Å²) in [6.07, 6.45) is 3.93. The predicted octanol–water partition coefficient (Wildman–Crippen LogP) is 3.55. The first-order chi connectivity index (χ1) is 15.7. The van der Waals surface area contributed by atoms with E-state index in [1.165, 1.54) is 4.68 Å².